The van der Waals surface area contributed by atoms with E-state index in [-0.39, 0.29) is 11.1 Å². The number of hydrogen-bond acceptors (Lipinski definition) is 6. The number of hydrogen-bond donors (Lipinski definition) is 0. The van der Waals surface area contributed by atoms with Gasteiger partial charge in [0.1, 0.15) is 12.1 Å². The summed E-state index contributed by atoms with van der Waals surface area (Å²) in [6.07, 6.45) is 7.34. The van der Waals surface area contributed by atoms with Gasteiger partial charge in [0.05, 0.1) is 11.1 Å². The van der Waals surface area contributed by atoms with Gasteiger partial charge in [0.15, 0.2) is 11.2 Å². The largest absolute Gasteiger partial charge is 0.440 e. The van der Waals surface area contributed by atoms with E-state index < -0.39 is 23.1 Å². The highest BCUT2D eigenvalue weighted by Crippen LogP contribution is 2.34. The molecule has 6 nitrogen and oxygen atoms in total. The molecule has 2 saturated carbocycles. The van der Waals surface area contributed by atoms with Gasteiger partial charge < -0.3 is 9.47 Å². The highest BCUT2D eigenvalue weighted by Gasteiger charge is 2.39. The molecule has 0 bridgehead atoms. The Morgan fingerprint density at radius 2 is 1.07 bits per heavy atom. The van der Waals surface area contributed by atoms with Crippen LogP contribution in [0.15, 0.2) is 24.3 Å². The van der Waals surface area contributed by atoms with Crippen LogP contribution in [-0.2, 0) is 9.47 Å². The molecule has 2 aliphatic carbocycles. The minimum atomic E-state index is -1.14. The third-order valence-electron chi connectivity index (χ3n) is 5.67. The first kappa shape index (κ1) is 19.9. The van der Waals surface area contributed by atoms with Crippen LogP contribution in [0.25, 0.3) is 0 Å². The Kier molecular flexibility index (Phi) is 5.99. The van der Waals surface area contributed by atoms with Gasteiger partial charge >= 0.3 is 11.9 Å². The third kappa shape index (κ3) is 4.17. The molecular formula is C22H24N2O4. The summed E-state index contributed by atoms with van der Waals surface area (Å²) in [6.45, 7) is 0. The van der Waals surface area contributed by atoms with Gasteiger partial charge in [-0.15, -0.1) is 0 Å². The van der Waals surface area contributed by atoms with Gasteiger partial charge in [-0.2, -0.15) is 10.5 Å². The quantitative estimate of drug-likeness (QED) is 0.715. The van der Waals surface area contributed by atoms with Gasteiger partial charge in [0.2, 0.25) is 0 Å². The number of rotatable bonds is 4. The summed E-state index contributed by atoms with van der Waals surface area (Å²) in [6, 6.07) is 10.5. The van der Waals surface area contributed by atoms with Crippen molar-refractivity contribution in [2.24, 2.45) is 0 Å². The molecule has 6 heteroatoms. The number of esters is 2. The molecule has 0 unspecified atom stereocenters. The molecule has 0 aromatic heterocycles. The van der Waals surface area contributed by atoms with Crippen LogP contribution in [0.2, 0.25) is 0 Å². The summed E-state index contributed by atoms with van der Waals surface area (Å²) < 4.78 is 11.1. The average Bonchev–Trinajstić information content (AvgIpc) is 2.75. The number of benzene rings is 1. The second-order valence-electron chi connectivity index (χ2n) is 7.66. The lowest BCUT2D eigenvalue weighted by atomic mass is 9.85. The molecule has 2 aliphatic rings. The van der Waals surface area contributed by atoms with E-state index in [1.165, 1.54) is 12.1 Å². The highest BCUT2D eigenvalue weighted by atomic mass is 16.6. The Morgan fingerprint density at radius 3 is 1.39 bits per heavy atom. The predicted octanol–water partition coefficient (Wildman–Crippen LogP) is 4.45. The van der Waals surface area contributed by atoms with Crippen molar-refractivity contribution in [2.75, 3.05) is 0 Å². The molecule has 0 atom stereocenters. The van der Waals surface area contributed by atoms with Crippen molar-refractivity contribution < 1.29 is 19.1 Å². The number of carbonyl (C=O) groups is 2. The molecule has 28 heavy (non-hydrogen) atoms. The number of ether oxygens (including phenoxy) is 2. The molecule has 0 N–H and O–H groups in total. The van der Waals surface area contributed by atoms with Gasteiger partial charge in [0.25, 0.3) is 0 Å². The van der Waals surface area contributed by atoms with Crippen LogP contribution in [0.1, 0.15) is 84.9 Å². The van der Waals surface area contributed by atoms with Crippen molar-refractivity contribution >= 4 is 11.9 Å². The Balaban J connectivity index is 1.80. The lowest BCUT2D eigenvalue weighted by Crippen LogP contribution is -2.37. The maximum atomic E-state index is 12.8. The third-order valence-corrected chi connectivity index (χ3v) is 5.67. The molecule has 1 aromatic rings. The lowest BCUT2D eigenvalue weighted by molar-refractivity contribution is -0.0121. The molecule has 146 valence electrons. The van der Waals surface area contributed by atoms with Crippen molar-refractivity contribution in [1.82, 2.24) is 0 Å². The Labute approximate surface area is 165 Å². The van der Waals surface area contributed by atoms with Gasteiger partial charge in [-0.05, 0) is 37.8 Å². The summed E-state index contributed by atoms with van der Waals surface area (Å²) in [5, 5.41) is 19.1. The van der Waals surface area contributed by atoms with Crippen LogP contribution in [-0.4, -0.2) is 23.1 Å². The van der Waals surface area contributed by atoms with E-state index in [1.807, 2.05) is 0 Å². The van der Waals surface area contributed by atoms with Gasteiger partial charge in [-0.1, -0.05) is 25.0 Å². The predicted molar refractivity (Wildman–Crippen MR) is 100 cm³/mol. The molecule has 2 fully saturated rings. The SMILES string of the molecule is N#CC1(OC(=O)c2ccccc2C(=O)OC2(C#N)CCCCC2)CCCCC1. The van der Waals surface area contributed by atoms with Gasteiger partial charge in [0, 0.05) is 25.7 Å². The lowest BCUT2D eigenvalue weighted by Gasteiger charge is -2.31. The fourth-order valence-electron chi connectivity index (χ4n) is 4.02. The fourth-order valence-corrected chi connectivity index (χ4v) is 4.02. The molecule has 0 amide bonds. The van der Waals surface area contributed by atoms with Crippen LogP contribution < -0.4 is 0 Å². The van der Waals surface area contributed by atoms with E-state index in [9.17, 15) is 20.1 Å². The van der Waals surface area contributed by atoms with E-state index in [2.05, 4.69) is 12.1 Å². The topological polar surface area (TPSA) is 100 Å². The van der Waals surface area contributed by atoms with Crippen molar-refractivity contribution in [3.8, 4) is 12.1 Å². The Morgan fingerprint density at radius 1 is 0.714 bits per heavy atom. The first-order valence-corrected chi connectivity index (χ1v) is 9.91. The molecule has 0 spiro atoms. The second kappa shape index (κ2) is 8.44. The average molecular weight is 380 g/mol. The van der Waals surface area contributed by atoms with Gasteiger partial charge in [-0.25, -0.2) is 9.59 Å². The molecule has 3 rings (SSSR count). The van der Waals surface area contributed by atoms with Crippen LogP contribution >= 0.6 is 0 Å². The summed E-state index contributed by atoms with van der Waals surface area (Å²) >= 11 is 0. The zero-order chi connectivity index (χ0) is 20.0. The summed E-state index contributed by atoms with van der Waals surface area (Å²) in [7, 11) is 0. The number of nitriles is 2. The molecular weight excluding hydrogens is 356 g/mol. The summed E-state index contributed by atoms with van der Waals surface area (Å²) in [5.74, 6) is -1.41. The minimum absolute atomic E-state index is 0.0663. The van der Waals surface area contributed by atoms with Crippen molar-refractivity contribution in [3.63, 3.8) is 0 Å². The molecule has 0 aliphatic heterocycles. The summed E-state index contributed by atoms with van der Waals surface area (Å²) in [5.41, 5.74) is -2.14. The maximum Gasteiger partial charge on any atom is 0.340 e. The zero-order valence-corrected chi connectivity index (χ0v) is 15.9. The fraction of sp³-hybridized carbons (Fsp3) is 0.545. The monoisotopic (exact) mass is 380 g/mol. The Bertz CT molecular complexity index is 753. The standard InChI is InChI=1S/C22H24N2O4/c23-15-21(11-5-1-6-12-21)27-19(25)17-9-3-4-10-18(17)20(26)28-22(16-24)13-7-2-8-14-22/h3-4,9-10H,1-2,5-8,11-14H2. The van der Waals surface area contributed by atoms with Crippen LogP contribution in [0.3, 0.4) is 0 Å². The first-order valence-electron chi connectivity index (χ1n) is 9.91. The van der Waals surface area contributed by atoms with Crippen LogP contribution in [0.4, 0.5) is 0 Å². The van der Waals surface area contributed by atoms with Crippen molar-refractivity contribution in [1.29, 1.82) is 10.5 Å². The molecule has 1 aromatic carbocycles. The van der Waals surface area contributed by atoms with E-state index in [0.717, 1.165) is 38.5 Å². The van der Waals surface area contributed by atoms with E-state index in [0.29, 0.717) is 25.7 Å². The molecule has 0 heterocycles. The minimum Gasteiger partial charge on any atom is -0.440 e. The van der Waals surface area contributed by atoms with Crippen molar-refractivity contribution in [3.05, 3.63) is 35.4 Å². The smallest absolute Gasteiger partial charge is 0.340 e. The van der Waals surface area contributed by atoms with Crippen LogP contribution in [0.5, 0.6) is 0 Å². The van der Waals surface area contributed by atoms with E-state index in [1.54, 1.807) is 12.1 Å². The van der Waals surface area contributed by atoms with Gasteiger partial charge in [-0.3, -0.25) is 0 Å². The van der Waals surface area contributed by atoms with Crippen molar-refractivity contribution in [2.45, 2.75) is 75.4 Å². The number of carbonyl (C=O) groups excluding carboxylic acids is 2. The van der Waals surface area contributed by atoms with Crippen LogP contribution in [0, 0.1) is 22.7 Å². The normalized spacial score (nSPS) is 20.2. The number of nitrogens with zero attached hydrogens (tertiary/aromatic N) is 2. The Hall–Kier alpha value is -2.86. The summed E-state index contributed by atoms with van der Waals surface area (Å²) in [4.78, 5) is 25.6. The molecule has 0 saturated heterocycles. The second-order valence-corrected chi connectivity index (χ2v) is 7.66. The maximum absolute atomic E-state index is 12.8. The van der Waals surface area contributed by atoms with E-state index >= 15 is 0 Å². The first-order chi connectivity index (χ1) is 13.5. The molecule has 0 radical (unpaired) electrons. The van der Waals surface area contributed by atoms with E-state index in [4.69, 9.17) is 9.47 Å². The highest BCUT2D eigenvalue weighted by molar-refractivity contribution is 6.03. The zero-order valence-electron chi connectivity index (χ0n) is 15.9.